The number of hydrogen-bond donors (Lipinski definition) is 1. The molecule has 1 N–H and O–H groups in total. The lowest BCUT2D eigenvalue weighted by molar-refractivity contribution is 0.0933. The van der Waals surface area contributed by atoms with Gasteiger partial charge in [-0.15, -0.1) is 0 Å². The summed E-state index contributed by atoms with van der Waals surface area (Å²) in [6, 6.07) is 9.12. The fourth-order valence-corrected chi connectivity index (χ4v) is 2.80. The van der Waals surface area contributed by atoms with Crippen LogP contribution in [-0.4, -0.2) is 36.5 Å². The van der Waals surface area contributed by atoms with Crippen LogP contribution in [0.1, 0.15) is 5.56 Å². The summed E-state index contributed by atoms with van der Waals surface area (Å²) in [4.78, 5) is 28.4. The van der Waals surface area contributed by atoms with Crippen molar-refractivity contribution in [3.63, 3.8) is 0 Å². The minimum Gasteiger partial charge on any atom is -0.491 e. The minimum absolute atomic E-state index is 0.0172. The molecule has 0 unspecified atom stereocenters. The summed E-state index contributed by atoms with van der Waals surface area (Å²) in [5.41, 5.74) is 0.480. The van der Waals surface area contributed by atoms with Crippen molar-refractivity contribution in [2.45, 2.75) is 19.1 Å². The van der Waals surface area contributed by atoms with Crippen molar-refractivity contribution in [3.05, 3.63) is 57.0 Å². The van der Waals surface area contributed by atoms with Crippen LogP contribution in [0.25, 0.3) is 11.2 Å². The molecule has 2 aromatic heterocycles. The number of hydrogen-bond acceptors (Lipinski definition) is 6. The van der Waals surface area contributed by atoms with Gasteiger partial charge in [-0.1, -0.05) is 12.1 Å². The van der Waals surface area contributed by atoms with Gasteiger partial charge in [0.1, 0.15) is 18.5 Å². The maximum atomic E-state index is 12.4. The van der Waals surface area contributed by atoms with Gasteiger partial charge < -0.3 is 14.4 Å². The van der Waals surface area contributed by atoms with E-state index in [-0.39, 0.29) is 24.3 Å². The Kier molecular flexibility index (Phi) is 5.09. The summed E-state index contributed by atoms with van der Waals surface area (Å²) < 4.78 is 9.37. The molecule has 0 radical (unpaired) electrons. The molecule has 1 aromatic carbocycles. The number of rotatable bonds is 6. The van der Waals surface area contributed by atoms with E-state index in [2.05, 4.69) is 11.1 Å². The number of nitriles is 1. The third kappa shape index (κ3) is 3.61. The van der Waals surface area contributed by atoms with Gasteiger partial charge in [-0.05, 0) is 17.7 Å². The monoisotopic (exact) mass is 369 g/mol. The summed E-state index contributed by atoms with van der Waals surface area (Å²) in [6.07, 6.45) is 0.863. The maximum absolute atomic E-state index is 12.4. The lowest BCUT2D eigenvalue weighted by Crippen LogP contribution is -2.38. The predicted octanol–water partition coefficient (Wildman–Crippen LogP) is -0.0603. The van der Waals surface area contributed by atoms with E-state index in [4.69, 9.17) is 10.00 Å². The van der Waals surface area contributed by atoms with Crippen LogP contribution >= 0.6 is 0 Å². The largest absolute Gasteiger partial charge is 0.491 e. The van der Waals surface area contributed by atoms with Crippen LogP contribution < -0.4 is 16.0 Å². The molecule has 0 fully saturated rings. The van der Waals surface area contributed by atoms with Gasteiger partial charge >= 0.3 is 5.69 Å². The molecule has 9 heteroatoms. The zero-order chi connectivity index (χ0) is 19.6. The van der Waals surface area contributed by atoms with E-state index in [0.717, 1.165) is 10.1 Å². The first-order chi connectivity index (χ1) is 12.9. The molecule has 3 rings (SSSR count). The second-order valence-corrected chi connectivity index (χ2v) is 6.22. The van der Waals surface area contributed by atoms with Crippen molar-refractivity contribution in [2.75, 3.05) is 6.61 Å². The van der Waals surface area contributed by atoms with Crippen molar-refractivity contribution in [1.29, 1.82) is 5.26 Å². The number of nitrogens with zero attached hydrogens (tertiary/aromatic N) is 5. The first kappa shape index (κ1) is 18.4. The quantitative estimate of drug-likeness (QED) is 0.651. The third-order valence-corrected chi connectivity index (χ3v) is 4.27. The van der Waals surface area contributed by atoms with Crippen LogP contribution in [0.4, 0.5) is 0 Å². The summed E-state index contributed by atoms with van der Waals surface area (Å²) >= 11 is 0. The molecule has 0 aliphatic heterocycles. The Bertz CT molecular complexity index is 1120. The minimum atomic E-state index is -0.886. The van der Waals surface area contributed by atoms with Gasteiger partial charge in [0.15, 0.2) is 11.2 Å². The van der Waals surface area contributed by atoms with Crippen LogP contribution in [0.3, 0.4) is 0 Å². The van der Waals surface area contributed by atoms with Crippen LogP contribution in [0, 0.1) is 11.3 Å². The molecule has 27 heavy (non-hydrogen) atoms. The van der Waals surface area contributed by atoms with Gasteiger partial charge in [0.25, 0.3) is 5.56 Å². The molecule has 2 heterocycles. The highest BCUT2D eigenvalue weighted by atomic mass is 16.5. The molecule has 140 valence electrons. The fraction of sp³-hybridized carbons (Fsp3) is 0.333. The van der Waals surface area contributed by atoms with Crippen molar-refractivity contribution in [1.82, 2.24) is 18.7 Å². The average molecular weight is 369 g/mol. The van der Waals surface area contributed by atoms with Gasteiger partial charge in [-0.2, -0.15) is 5.26 Å². The van der Waals surface area contributed by atoms with Crippen molar-refractivity contribution >= 4 is 11.2 Å². The van der Waals surface area contributed by atoms with E-state index < -0.39 is 17.4 Å². The van der Waals surface area contributed by atoms with Gasteiger partial charge in [0, 0.05) is 14.1 Å². The number of fused-ring (bicyclic) bond motifs is 1. The first-order valence-electron chi connectivity index (χ1n) is 8.30. The zero-order valence-electron chi connectivity index (χ0n) is 15.0. The molecule has 3 aromatic rings. The molecule has 0 aliphatic carbocycles. The third-order valence-electron chi connectivity index (χ3n) is 4.27. The van der Waals surface area contributed by atoms with E-state index in [9.17, 15) is 14.7 Å². The fourth-order valence-electron chi connectivity index (χ4n) is 2.80. The molecule has 9 nitrogen and oxygen atoms in total. The van der Waals surface area contributed by atoms with Gasteiger partial charge in [0.05, 0.1) is 25.4 Å². The SMILES string of the molecule is Cn1c(=O)c2c(ncn2C[C@@H](O)COc2ccc(CC#N)cc2)n(C)c1=O. The second-order valence-electron chi connectivity index (χ2n) is 6.22. The predicted molar refractivity (Wildman–Crippen MR) is 97.5 cm³/mol. The standard InChI is InChI=1S/C18H19N5O4/c1-21-16-15(17(25)22(2)18(21)26)23(11-20-16)9-13(24)10-27-14-5-3-12(4-6-14)7-8-19/h3-6,11,13,24H,7,9-10H2,1-2H3/t13-/m1/s1. The number of benzene rings is 1. The Balaban J connectivity index is 1.73. The van der Waals surface area contributed by atoms with E-state index in [1.54, 1.807) is 24.3 Å². The number of aromatic nitrogens is 4. The summed E-state index contributed by atoms with van der Waals surface area (Å²) in [5, 5.41) is 18.9. The van der Waals surface area contributed by atoms with Crippen LogP contribution in [-0.2, 0) is 27.1 Å². The van der Waals surface area contributed by atoms with E-state index >= 15 is 0 Å². The van der Waals surface area contributed by atoms with E-state index in [1.165, 1.54) is 29.6 Å². The number of aliphatic hydroxyl groups excluding tert-OH is 1. The maximum Gasteiger partial charge on any atom is 0.332 e. The second kappa shape index (κ2) is 7.47. The number of aliphatic hydroxyl groups is 1. The lowest BCUT2D eigenvalue weighted by atomic mass is 10.2. The molecule has 1 atom stereocenters. The van der Waals surface area contributed by atoms with Crippen LogP contribution in [0.15, 0.2) is 40.2 Å². The Morgan fingerprint density at radius 3 is 2.59 bits per heavy atom. The van der Waals surface area contributed by atoms with Gasteiger partial charge in [-0.3, -0.25) is 13.9 Å². The van der Waals surface area contributed by atoms with E-state index in [0.29, 0.717) is 12.2 Å². The Morgan fingerprint density at radius 2 is 1.93 bits per heavy atom. The molecule has 0 saturated carbocycles. The number of aryl methyl sites for hydroxylation is 1. The highest BCUT2D eigenvalue weighted by molar-refractivity contribution is 5.69. The Labute approximate surface area is 154 Å². The Morgan fingerprint density at radius 1 is 1.22 bits per heavy atom. The van der Waals surface area contributed by atoms with Crippen LogP contribution in [0.2, 0.25) is 0 Å². The molecule has 0 aliphatic rings. The lowest BCUT2D eigenvalue weighted by Gasteiger charge is -2.14. The normalized spacial score (nSPS) is 12.1. The van der Waals surface area contributed by atoms with E-state index in [1.807, 2.05) is 0 Å². The number of ether oxygens (including phenoxy) is 1. The molecule has 0 saturated heterocycles. The number of imidazole rings is 1. The summed E-state index contributed by atoms with van der Waals surface area (Å²) in [6.45, 7) is 0.111. The highest BCUT2D eigenvalue weighted by Gasteiger charge is 2.16. The van der Waals surface area contributed by atoms with Crippen molar-refractivity contribution < 1.29 is 9.84 Å². The zero-order valence-corrected chi connectivity index (χ0v) is 15.0. The Hall–Kier alpha value is -3.38. The molecule has 0 amide bonds. The molecular weight excluding hydrogens is 350 g/mol. The molecule has 0 spiro atoms. The summed E-state index contributed by atoms with van der Waals surface area (Å²) in [7, 11) is 2.94. The topological polar surface area (TPSA) is 115 Å². The van der Waals surface area contributed by atoms with Gasteiger partial charge in [-0.25, -0.2) is 9.78 Å². The van der Waals surface area contributed by atoms with Crippen molar-refractivity contribution in [3.8, 4) is 11.8 Å². The average Bonchev–Trinajstić information content (AvgIpc) is 3.08. The highest BCUT2D eigenvalue weighted by Crippen LogP contribution is 2.13. The smallest absolute Gasteiger partial charge is 0.332 e. The molecule has 0 bridgehead atoms. The van der Waals surface area contributed by atoms with Crippen molar-refractivity contribution in [2.24, 2.45) is 14.1 Å². The molecular formula is C18H19N5O4. The van der Waals surface area contributed by atoms with Gasteiger partial charge in [0.2, 0.25) is 0 Å². The van der Waals surface area contributed by atoms with Crippen LogP contribution in [0.5, 0.6) is 5.75 Å². The first-order valence-corrected chi connectivity index (χ1v) is 8.30. The summed E-state index contributed by atoms with van der Waals surface area (Å²) in [5.74, 6) is 0.574.